The summed E-state index contributed by atoms with van der Waals surface area (Å²) < 4.78 is 16.6. The first kappa shape index (κ1) is 19.0. The van der Waals surface area contributed by atoms with Gasteiger partial charge in [-0.1, -0.05) is 17.8 Å². The van der Waals surface area contributed by atoms with E-state index >= 15 is 0 Å². The third kappa shape index (κ3) is 3.85. The number of benzene rings is 1. The first-order chi connectivity index (χ1) is 12.9. The molecule has 2 heterocycles. The van der Waals surface area contributed by atoms with E-state index < -0.39 is 0 Å². The number of nitrogens with one attached hydrogen (secondary N) is 1. The van der Waals surface area contributed by atoms with Gasteiger partial charge in [0.1, 0.15) is 5.76 Å². The molecular formula is C19H21N3O4S. The topological polar surface area (TPSA) is 90.2 Å². The van der Waals surface area contributed by atoms with Crippen LogP contribution in [-0.2, 0) is 5.75 Å². The summed E-state index contributed by atoms with van der Waals surface area (Å²) in [7, 11) is 3.16. The number of methoxy groups -OCH3 is 2. The quantitative estimate of drug-likeness (QED) is 0.510. The number of aromatic amines is 1. The van der Waals surface area contributed by atoms with Crippen LogP contribution in [0.5, 0.6) is 11.5 Å². The molecule has 0 atom stereocenters. The summed E-state index contributed by atoms with van der Waals surface area (Å²) in [6.07, 6.45) is 0. The highest BCUT2D eigenvalue weighted by Gasteiger charge is 2.18. The first-order valence-electron chi connectivity index (χ1n) is 8.32. The molecule has 1 N–H and O–H groups in total. The zero-order chi connectivity index (χ0) is 19.6. The van der Waals surface area contributed by atoms with Gasteiger partial charge in [-0.05, 0) is 32.9 Å². The number of aryl methyl sites for hydroxylation is 2. The molecule has 3 rings (SSSR count). The number of rotatable bonds is 6. The average Bonchev–Trinajstić information content (AvgIpc) is 3.04. The largest absolute Gasteiger partial charge is 0.493 e. The van der Waals surface area contributed by atoms with Gasteiger partial charge in [-0.25, -0.2) is 9.97 Å². The lowest BCUT2D eigenvalue weighted by atomic mass is 10.2. The third-order valence-corrected chi connectivity index (χ3v) is 5.13. The summed E-state index contributed by atoms with van der Waals surface area (Å²) in [5.41, 5.74) is 2.72. The fourth-order valence-corrected chi connectivity index (χ4v) is 3.46. The Balaban J connectivity index is 1.87. The molecule has 0 fully saturated rings. The summed E-state index contributed by atoms with van der Waals surface area (Å²) in [4.78, 5) is 23.7. The minimum Gasteiger partial charge on any atom is -0.493 e. The van der Waals surface area contributed by atoms with Gasteiger partial charge in [0.05, 0.1) is 25.5 Å². The summed E-state index contributed by atoms with van der Waals surface area (Å²) in [6.45, 7) is 5.43. The van der Waals surface area contributed by atoms with Crippen LogP contribution in [0.4, 0.5) is 0 Å². The Morgan fingerprint density at radius 2 is 1.93 bits per heavy atom. The maximum atomic E-state index is 11.9. The first-order valence-corrected chi connectivity index (χ1v) is 9.31. The zero-order valence-corrected chi connectivity index (χ0v) is 16.7. The van der Waals surface area contributed by atoms with Crippen LogP contribution in [-0.4, -0.2) is 29.2 Å². The van der Waals surface area contributed by atoms with E-state index in [9.17, 15) is 4.79 Å². The van der Waals surface area contributed by atoms with Crippen molar-refractivity contribution in [2.75, 3.05) is 14.2 Å². The lowest BCUT2D eigenvalue weighted by Crippen LogP contribution is -2.14. The Labute approximate surface area is 161 Å². The van der Waals surface area contributed by atoms with Crippen molar-refractivity contribution in [2.45, 2.75) is 31.7 Å². The fraction of sp³-hybridized carbons (Fsp3) is 0.316. The summed E-state index contributed by atoms with van der Waals surface area (Å²) in [5, 5.41) is 0.561. The van der Waals surface area contributed by atoms with E-state index in [0.717, 1.165) is 11.4 Å². The molecule has 3 aromatic rings. The molecule has 0 saturated heterocycles. The van der Waals surface area contributed by atoms with E-state index in [1.54, 1.807) is 21.1 Å². The summed E-state index contributed by atoms with van der Waals surface area (Å²) in [5.74, 6) is 2.86. The van der Waals surface area contributed by atoms with Crippen molar-refractivity contribution in [3.8, 4) is 23.0 Å². The van der Waals surface area contributed by atoms with Crippen LogP contribution in [0.3, 0.4) is 0 Å². The molecule has 0 spiro atoms. The van der Waals surface area contributed by atoms with Gasteiger partial charge in [0, 0.05) is 17.0 Å². The van der Waals surface area contributed by atoms with Crippen molar-refractivity contribution in [3.05, 3.63) is 51.3 Å². The Morgan fingerprint density at radius 1 is 1.15 bits per heavy atom. The highest BCUT2D eigenvalue weighted by molar-refractivity contribution is 7.98. The molecule has 0 radical (unpaired) electrons. The number of aromatic nitrogens is 3. The normalized spacial score (nSPS) is 10.9. The van der Waals surface area contributed by atoms with Crippen LogP contribution in [0.1, 0.15) is 22.7 Å². The van der Waals surface area contributed by atoms with Crippen LogP contribution in [0, 0.1) is 20.8 Å². The van der Waals surface area contributed by atoms with Gasteiger partial charge in [-0.3, -0.25) is 4.79 Å². The predicted molar refractivity (Wildman–Crippen MR) is 104 cm³/mol. The number of hydrogen-bond donors (Lipinski definition) is 1. The van der Waals surface area contributed by atoms with E-state index in [4.69, 9.17) is 13.9 Å². The van der Waals surface area contributed by atoms with Crippen LogP contribution in [0.25, 0.3) is 11.5 Å². The molecule has 27 heavy (non-hydrogen) atoms. The van der Waals surface area contributed by atoms with Crippen molar-refractivity contribution < 1.29 is 13.9 Å². The molecule has 142 valence electrons. The molecule has 0 unspecified atom stereocenters. The molecule has 1 aromatic carbocycles. The number of para-hydroxylation sites is 1. The molecule has 2 aromatic heterocycles. The maximum Gasteiger partial charge on any atom is 0.254 e. The van der Waals surface area contributed by atoms with Crippen LogP contribution in [0.15, 0.2) is 32.6 Å². The number of ether oxygens (including phenoxy) is 2. The Bertz CT molecular complexity index is 1030. The second-order valence-electron chi connectivity index (χ2n) is 5.93. The van der Waals surface area contributed by atoms with Crippen molar-refractivity contribution in [1.29, 1.82) is 0 Å². The van der Waals surface area contributed by atoms with E-state index in [1.807, 2.05) is 32.0 Å². The van der Waals surface area contributed by atoms with Gasteiger partial charge in [0.15, 0.2) is 16.7 Å². The fourth-order valence-electron chi connectivity index (χ4n) is 2.56. The lowest BCUT2D eigenvalue weighted by molar-refractivity contribution is 0.355. The third-order valence-electron chi connectivity index (χ3n) is 4.24. The summed E-state index contributed by atoms with van der Waals surface area (Å²) >= 11 is 1.41. The number of H-pyrrole nitrogens is 1. The van der Waals surface area contributed by atoms with Crippen LogP contribution < -0.4 is 15.0 Å². The number of oxazole rings is 1. The van der Waals surface area contributed by atoms with Gasteiger partial charge >= 0.3 is 0 Å². The van der Waals surface area contributed by atoms with Gasteiger partial charge in [-0.15, -0.1) is 0 Å². The van der Waals surface area contributed by atoms with Gasteiger partial charge in [0.2, 0.25) is 5.89 Å². The Kier molecular flexibility index (Phi) is 5.55. The minimum atomic E-state index is -0.122. The number of nitrogens with zero attached hydrogens (tertiary/aromatic N) is 2. The number of thioether (sulfide) groups is 1. The standard InChI is InChI=1S/C19H21N3O4S/c1-10-11(2)20-19(22-17(10)23)27-9-14-12(3)26-18(21-14)13-7-6-8-15(24-4)16(13)25-5/h6-8H,9H2,1-5H3,(H,20,22,23). The molecule has 0 aliphatic heterocycles. The number of hydrogen-bond acceptors (Lipinski definition) is 7. The smallest absolute Gasteiger partial charge is 0.254 e. The molecule has 0 saturated carbocycles. The molecule has 8 heteroatoms. The maximum absolute atomic E-state index is 11.9. The van der Waals surface area contributed by atoms with Gasteiger partial charge in [0.25, 0.3) is 5.56 Å². The van der Waals surface area contributed by atoms with E-state index in [-0.39, 0.29) is 5.56 Å². The molecule has 0 amide bonds. The lowest BCUT2D eigenvalue weighted by Gasteiger charge is -2.09. The van der Waals surface area contributed by atoms with Crippen molar-refractivity contribution in [2.24, 2.45) is 0 Å². The Morgan fingerprint density at radius 3 is 2.59 bits per heavy atom. The van der Waals surface area contributed by atoms with E-state index in [0.29, 0.717) is 45.2 Å². The van der Waals surface area contributed by atoms with Crippen LogP contribution in [0.2, 0.25) is 0 Å². The van der Waals surface area contributed by atoms with Crippen molar-refractivity contribution in [3.63, 3.8) is 0 Å². The molecule has 0 aliphatic carbocycles. The van der Waals surface area contributed by atoms with E-state index in [2.05, 4.69) is 15.0 Å². The van der Waals surface area contributed by atoms with Gasteiger partial charge < -0.3 is 18.9 Å². The summed E-state index contributed by atoms with van der Waals surface area (Å²) in [6, 6.07) is 5.54. The molecule has 7 nitrogen and oxygen atoms in total. The molecular weight excluding hydrogens is 366 g/mol. The highest BCUT2D eigenvalue weighted by Crippen LogP contribution is 2.38. The van der Waals surface area contributed by atoms with Crippen molar-refractivity contribution in [1.82, 2.24) is 15.0 Å². The Hall–Kier alpha value is -2.74. The molecule has 0 aliphatic rings. The second kappa shape index (κ2) is 7.87. The zero-order valence-electron chi connectivity index (χ0n) is 15.9. The molecule has 0 bridgehead atoms. The second-order valence-corrected chi connectivity index (χ2v) is 6.90. The predicted octanol–water partition coefficient (Wildman–Crippen LogP) is 3.66. The SMILES string of the molecule is COc1cccc(-c2nc(CSc3nc(C)c(C)c(=O)[nH]3)c(C)o2)c1OC. The van der Waals surface area contributed by atoms with E-state index in [1.165, 1.54) is 11.8 Å². The monoisotopic (exact) mass is 387 g/mol. The van der Waals surface area contributed by atoms with Crippen molar-refractivity contribution >= 4 is 11.8 Å². The van der Waals surface area contributed by atoms with Crippen LogP contribution >= 0.6 is 11.8 Å². The highest BCUT2D eigenvalue weighted by atomic mass is 32.2. The minimum absolute atomic E-state index is 0.122. The average molecular weight is 387 g/mol. The van der Waals surface area contributed by atoms with Gasteiger partial charge in [-0.2, -0.15) is 0 Å².